The number of anilines is 1. The zero-order chi connectivity index (χ0) is 23.8. The second kappa shape index (κ2) is 8.54. The molecule has 0 fully saturated rings. The van der Waals surface area contributed by atoms with E-state index in [1.165, 1.54) is 12.3 Å². The number of benzene rings is 2. The Bertz CT molecular complexity index is 1260. The van der Waals surface area contributed by atoms with Gasteiger partial charge >= 0.3 is 0 Å². The van der Waals surface area contributed by atoms with Crippen LogP contribution in [0.1, 0.15) is 42.3 Å². The number of nitrogens with zero attached hydrogens (tertiary/aromatic N) is 2. The van der Waals surface area contributed by atoms with Crippen molar-refractivity contribution in [1.82, 2.24) is 4.98 Å². The molecule has 3 aromatic rings. The number of amides is 1. The number of carbonyl (C=O) groups is 2. The third-order valence-electron chi connectivity index (χ3n) is 5.38. The van der Waals surface area contributed by atoms with Crippen molar-refractivity contribution >= 4 is 23.1 Å². The maximum absolute atomic E-state index is 13.9. The van der Waals surface area contributed by atoms with Gasteiger partial charge in [0.15, 0.2) is 11.3 Å². The van der Waals surface area contributed by atoms with Gasteiger partial charge in [0, 0.05) is 11.1 Å². The second-order valence-corrected chi connectivity index (χ2v) is 8.08. The van der Waals surface area contributed by atoms with Crippen molar-refractivity contribution in [2.45, 2.75) is 32.8 Å². The van der Waals surface area contributed by atoms with Crippen LogP contribution in [0.3, 0.4) is 0 Å². The molecule has 1 amide bonds. The number of carbonyl (C=O) groups excluding carboxylic acids is 2. The quantitative estimate of drug-likeness (QED) is 0.599. The summed E-state index contributed by atoms with van der Waals surface area (Å²) in [5, 5.41) is 6.41. The number of oxime groups is 1. The molecule has 0 bridgehead atoms. The summed E-state index contributed by atoms with van der Waals surface area (Å²) in [4.78, 5) is 34.6. The SMILES string of the molecule is CCc1ccc(C2=NOC(C)(C)C2=O)cc1-c1ccc(NC(=O)c2c(F)cccc2F)cn1. The maximum atomic E-state index is 13.9. The molecule has 2 heterocycles. The average molecular weight is 449 g/mol. The third-order valence-corrected chi connectivity index (χ3v) is 5.38. The number of aromatic nitrogens is 1. The van der Waals surface area contributed by atoms with Crippen LogP contribution < -0.4 is 5.32 Å². The molecule has 33 heavy (non-hydrogen) atoms. The molecule has 0 unspecified atom stereocenters. The van der Waals surface area contributed by atoms with Crippen molar-refractivity contribution in [3.63, 3.8) is 0 Å². The van der Waals surface area contributed by atoms with Crippen LogP contribution in [0.2, 0.25) is 0 Å². The Morgan fingerprint density at radius 2 is 1.82 bits per heavy atom. The van der Waals surface area contributed by atoms with E-state index in [1.54, 1.807) is 26.0 Å². The number of hydrogen-bond donors (Lipinski definition) is 1. The number of halogens is 2. The highest BCUT2D eigenvalue weighted by Gasteiger charge is 2.40. The molecule has 0 spiro atoms. The lowest BCUT2D eigenvalue weighted by Crippen LogP contribution is -2.33. The highest BCUT2D eigenvalue weighted by Crippen LogP contribution is 2.28. The van der Waals surface area contributed by atoms with Crippen LogP contribution in [0.25, 0.3) is 11.3 Å². The monoisotopic (exact) mass is 449 g/mol. The number of pyridine rings is 1. The summed E-state index contributed by atoms with van der Waals surface area (Å²) in [5.41, 5.74) is 1.90. The van der Waals surface area contributed by atoms with Gasteiger partial charge in [0.1, 0.15) is 17.2 Å². The molecule has 8 heteroatoms. The summed E-state index contributed by atoms with van der Waals surface area (Å²) in [5.74, 6) is -3.00. The first-order valence-corrected chi connectivity index (χ1v) is 10.4. The second-order valence-electron chi connectivity index (χ2n) is 8.08. The van der Waals surface area contributed by atoms with E-state index in [0.717, 1.165) is 29.7 Å². The lowest BCUT2D eigenvalue weighted by Gasteiger charge is -2.13. The van der Waals surface area contributed by atoms with Crippen LogP contribution in [0.4, 0.5) is 14.5 Å². The number of hydrogen-bond acceptors (Lipinski definition) is 5. The molecule has 0 aliphatic carbocycles. The van der Waals surface area contributed by atoms with E-state index >= 15 is 0 Å². The largest absolute Gasteiger partial charge is 0.381 e. The van der Waals surface area contributed by atoms with Gasteiger partial charge in [-0.3, -0.25) is 14.6 Å². The van der Waals surface area contributed by atoms with Gasteiger partial charge < -0.3 is 10.2 Å². The first kappa shape index (κ1) is 22.3. The van der Waals surface area contributed by atoms with Gasteiger partial charge in [-0.15, -0.1) is 0 Å². The minimum atomic E-state index is -1.01. The number of rotatable bonds is 5. The van der Waals surface area contributed by atoms with Crippen LogP contribution in [-0.2, 0) is 16.1 Å². The molecule has 1 aliphatic heterocycles. The molecule has 0 atom stereocenters. The van der Waals surface area contributed by atoms with Crippen molar-refractivity contribution in [3.8, 4) is 11.3 Å². The van der Waals surface area contributed by atoms with Crippen molar-refractivity contribution in [2.75, 3.05) is 5.32 Å². The van der Waals surface area contributed by atoms with E-state index in [4.69, 9.17) is 4.84 Å². The van der Waals surface area contributed by atoms with Gasteiger partial charge in [0.2, 0.25) is 5.78 Å². The Hall–Kier alpha value is -3.94. The van der Waals surface area contributed by atoms with Gasteiger partial charge in [0.25, 0.3) is 5.91 Å². The summed E-state index contributed by atoms with van der Waals surface area (Å²) in [6.07, 6.45) is 2.13. The van der Waals surface area contributed by atoms with Crippen LogP contribution in [0.15, 0.2) is 59.9 Å². The Balaban J connectivity index is 1.61. The average Bonchev–Trinajstić information content (AvgIpc) is 3.06. The Labute approximate surface area is 189 Å². The lowest BCUT2D eigenvalue weighted by molar-refractivity contribution is -0.128. The fraction of sp³-hybridized carbons (Fsp3) is 0.200. The Kier molecular flexibility index (Phi) is 5.76. The summed E-state index contributed by atoms with van der Waals surface area (Å²) in [6.45, 7) is 5.32. The first-order chi connectivity index (χ1) is 15.7. The molecule has 1 aromatic heterocycles. The molecular weight excluding hydrogens is 428 g/mol. The van der Waals surface area contributed by atoms with Gasteiger partial charge in [-0.25, -0.2) is 8.78 Å². The van der Waals surface area contributed by atoms with Gasteiger partial charge in [0.05, 0.1) is 17.6 Å². The highest BCUT2D eigenvalue weighted by molar-refractivity contribution is 6.49. The van der Waals surface area contributed by atoms with Crippen molar-refractivity contribution in [2.24, 2.45) is 5.16 Å². The summed E-state index contributed by atoms with van der Waals surface area (Å²) in [7, 11) is 0. The number of Topliss-reactive ketones (excluding diaryl/α,β-unsaturated/α-hetero) is 1. The smallest absolute Gasteiger partial charge is 0.261 e. The Morgan fingerprint density at radius 3 is 2.39 bits per heavy atom. The molecular formula is C25H21F2N3O3. The fourth-order valence-electron chi connectivity index (χ4n) is 3.52. The van der Waals surface area contributed by atoms with Crippen LogP contribution in [0.5, 0.6) is 0 Å². The van der Waals surface area contributed by atoms with E-state index in [2.05, 4.69) is 15.5 Å². The predicted octanol–water partition coefficient (Wildman–Crippen LogP) is 4.92. The molecule has 0 saturated carbocycles. The number of nitrogens with one attached hydrogen (secondary N) is 1. The van der Waals surface area contributed by atoms with Crippen molar-refractivity contribution in [3.05, 3.63) is 83.1 Å². The zero-order valence-electron chi connectivity index (χ0n) is 18.3. The molecule has 4 rings (SSSR count). The third kappa shape index (κ3) is 4.24. The van der Waals surface area contributed by atoms with Crippen molar-refractivity contribution < 1.29 is 23.2 Å². The van der Waals surface area contributed by atoms with Gasteiger partial charge in [-0.05, 0) is 56.2 Å². The van der Waals surface area contributed by atoms with E-state index in [-0.39, 0.29) is 17.2 Å². The normalized spacial score (nSPS) is 14.6. The summed E-state index contributed by atoms with van der Waals surface area (Å²) < 4.78 is 27.7. The molecule has 1 N–H and O–H groups in total. The summed E-state index contributed by atoms with van der Waals surface area (Å²) >= 11 is 0. The maximum Gasteiger partial charge on any atom is 0.261 e. The van der Waals surface area contributed by atoms with Gasteiger partial charge in [-0.1, -0.05) is 30.3 Å². The topological polar surface area (TPSA) is 80.6 Å². The first-order valence-electron chi connectivity index (χ1n) is 10.4. The van der Waals surface area contributed by atoms with E-state index < -0.39 is 28.7 Å². The molecule has 1 aliphatic rings. The predicted molar refractivity (Wildman–Crippen MR) is 120 cm³/mol. The standard InChI is InChI=1S/C25H21F2N3O3/c1-4-14-8-9-15(22-23(31)25(2,3)33-30-22)12-17(14)20-11-10-16(13-28-20)29-24(32)21-18(26)6-5-7-19(21)27/h5-13H,4H2,1-3H3,(H,29,32). The van der Waals surface area contributed by atoms with E-state index in [0.29, 0.717) is 11.3 Å². The van der Waals surface area contributed by atoms with Crippen LogP contribution in [-0.4, -0.2) is 28.0 Å². The summed E-state index contributed by atoms with van der Waals surface area (Å²) in [6, 6.07) is 12.1. The van der Waals surface area contributed by atoms with E-state index in [1.807, 2.05) is 25.1 Å². The zero-order valence-corrected chi connectivity index (χ0v) is 18.3. The minimum absolute atomic E-state index is 0.205. The Morgan fingerprint density at radius 1 is 1.09 bits per heavy atom. The van der Waals surface area contributed by atoms with Gasteiger partial charge in [-0.2, -0.15) is 0 Å². The molecule has 2 aromatic carbocycles. The number of aryl methyl sites for hydroxylation is 1. The number of ketones is 1. The van der Waals surface area contributed by atoms with E-state index in [9.17, 15) is 18.4 Å². The molecule has 0 saturated heterocycles. The molecule has 6 nitrogen and oxygen atoms in total. The molecule has 0 radical (unpaired) electrons. The lowest BCUT2D eigenvalue weighted by atomic mass is 9.92. The van der Waals surface area contributed by atoms with Crippen molar-refractivity contribution in [1.29, 1.82) is 0 Å². The molecule has 168 valence electrons. The fourth-order valence-corrected chi connectivity index (χ4v) is 3.52. The van der Waals surface area contributed by atoms with Crippen LogP contribution >= 0.6 is 0 Å². The van der Waals surface area contributed by atoms with Crippen LogP contribution in [0, 0.1) is 11.6 Å². The minimum Gasteiger partial charge on any atom is -0.381 e. The highest BCUT2D eigenvalue weighted by atomic mass is 19.1.